The van der Waals surface area contributed by atoms with Gasteiger partial charge in [0.15, 0.2) is 11.5 Å². The van der Waals surface area contributed by atoms with Crippen LogP contribution in [0.1, 0.15) is 46.1 Å². The van der Waals surface area contributed by atoms with Crippen LogP contribution in [0.5, 0.6) is 11.5 Å². The maximum atomic E-state index is 12.0. The molecule has 2 atom stereocenters. The normalized spacial score (nSPS) is 22.4. The molecule has 1 aliphatic carbocycles. The van der Waals surface area contributed by atoms with Crippen LogP contribution >= 0.6 is 0 Å². The molecule has 1 aromatic carbocycles. The van der Waals surface area contributed by atoms with Crippen LogP contribution in [0.3, 0.4) is 0 Å². The molecule has 128 valence electrons. The minimum absolute atomic E-state index is 0.0226. The largest absolute Gasteiger partial charge is 0.503 e. The van der Waals surface area contributed by atoms with Gasteiger partial charge in [-0.15, -0.1) is 0 Å². The third kappa shape index (κ3) is 3.52. The van der Waals surface area contributed by atoms with Crippen molar-refractivity contribution in [2.24, 2.45) is 11.1 Å². The molecule has 0 radical (unpaired) electrons. The number of nitrogens with two attached hydrogens (primary N) is 1. The van der Waals surface area contributed by atoms with Crippen LogP contribution in [0.2, 0.25) is 0 Å². The third-order valence-electron chi connectivity index (χ3n) is 4.22. The Kier molecular flexibility index (Phi) is 4.24. The van der Waals surface area contributed by atoms with Crippen molar-refractivity contribution >= 4 is 11.8 Å². The van der Waals surface area contributed by atoms with Gasteiger partial charge in [-0.1, -0.05) is 13.8 Å². The molecule has 1 saturated carbocycles. The summed E-state index contributed by atoms with van der Waals surface area (Å²) >= 11 is 0. The number of hydrogen-bond acceptors (Lipinski definition) is 5. The monoisotopic (exact) mass is 322 g/mol. The zero-order valence-electron chi connectivity index (χ0n) is 14.6. The van der Waals surface area contributed by atoms with Crippen LogP contribution in [0.15, 0.2) is 12.1 Å². The quantitative estimate of drug-likeness (QED) is 0.743. The highest BCUT2D eigenvalue weighted by Crippen LogP contribution is 2.58. The molecule has 0 bridgehead atoms. The van der Waals surface area contributed by atoms with Gasteiger partial charge in [-0.05, 0) is 43.9 Å². The predicted molar refractivity (Wildman–Crippen MR) is 89.0 cm³/mol. The zero-order chi connectivity index (χ0) is 17.6. The van der Waals surface area contributed by atoms with Gasteiger partial charge in [0.2, 0.25) is 0 Å². The van der Waals surface area contributed by atoms with Crippen molar-refractivity contribution in [3.05, 3.63) is 17.7 Å². The fourth-order valence-corrected chi connectivity index (χ4v) is 2.79. The molecule has 0 heterocycles. The second-order valence-electron chi connectivity index (χ2n) is 7.57. The molecule has 6 heteroatoms. The molecule has 6 nitrogen and oxygen atoms in total. The first-order valence-electron chi connectivity index (χ1n) is 7.64. The topological polar surface area (TPSA) is 93.8 Å². The van der Waals surface area contributed by atoms with E-state index in [9.17, 15) is 9.90 Å². The standard InChI is InChI=1S/C17H26N2O4/c1-16(2,3)23-15(21)19-10-7-9(8-11(22-6)13(10)20)12-14(18)17(12,4)5/h7-8,12,14,20H,18H2,1-6H3,(H,19,21). The van der Waals surface area contributed by atoms with E-state index in [2.05, 4.69) is 19.2 Å². The summed E-state index contributed by atoms with van der Waals surface area (Å²) in [6.45, 7) is 9.49. The summed E-state index contributed by atoms with van der Waals surface area (Å²) in [7, 11) is 1.47. The lowest BCUT2D eigenvalue weighted by Crippen LogP contribution is -2.27. The first-order chi connectivity index (χ1) is 10.5. The molecule has 0 aromatic heterocycles. The molecule has 0 saturated heterocycles. The fourth-order valence-electron chi connectivity index (χ4n) is 2.79. The fraction of sp³-hybridized carbons (Fsp3) is 0.588. The number of benzene rings is 1. The Hall–Kier alpha value is -1.95. The molecular weight excluding hydrogens is 296 g/mol. The van der Waals surface area contributed by atoms with Gasteiger partial charge in [-0.3, -0.25) is 5.32 Å². The zero-order valence-corrected chi connectivity index (χ0v) is 14.6. The summed E-state index contributed by atoms with van der Waals surface area (Å²) in [6, 6.07) is 3.52. The smallest absolute Gasteiger partial charge is 0.412 e. The van der Waals surface area contributed by atoms with Gasteiger partial charge in [0.1, 0.15) is 5.60 Å². The van der Waals surface area contributed by atoms with Crippen molar-refractivity contribution in [3.8, 4) is 11.5 Å². The Morgan fingerprint density at radius 1 is 1.35 bits per heavy atom. The number of carbonyl (C=O) groups excluding carboxylic acids is 1. The van der Waals surface area contributed by atoms with Crippen molar-refractivity contribution in [2.75, 3.05) is 12.4 Å². The Morgan fingerprint density at radius 3 is 2.35 bits per heavy atom. The molecule has 4 N–H and O–H groups in total. The SMILES string of the molecule is COc1cc(C2C(N)C2(C)C)cc(NC(=O)OC(C)(C)C)c1O. The molecular formula is C17H26N2O4. The van der Waals surface area contributed by atoms with Gasteiger partial charge in [0, 0.05) is 12.0 Å². The van der Waals surface area contributed by atoms with E-state index in [-0.39, 0.29) is 28.8 Å². The molecule has 1 aliphatic rings. The highest BCUT2D eigenvalue weighted by atomic mass is 16.6. The van der Waals surface area contributed by atoms with E-state index in [0.29, 0.717) is 5.75 Å². The number of anilines is 1. The van der Waals surface area contributed by atoms with E-state index < -0.39 is 11.7 Å². The summed E-state index contributed by atoms with van der Waals surface area (Å²) in [5, 5.41) is 12.8. The Bertz CT molecular complexity index is 620. The van der Waals surface area contributed by atoms with Crippen molar-refractivity contribution < 1.29 is 19.4 Å². The van der Waals surface area contributed by atoms with Crippen LogP contribution in [0.25, 0.3) is 0 Å². The predicted octanol–water partition coefficient (Wildman–Crippen LogP) is 3.20. The van der Waals surface area contributed by atoms with E-state index in [4.69, 9.17) is 15.2 Å². The highest BCUT2D eigenvalue weighted by Gasteiger charge is 2.56. The number of phenolic OH excluding ortho intramolecular Hbond substituents is 1. The first kappa shape index (κ1) is 17.4. The van der Waals surface area contributed by atoms with Crippen molar-refractivity contribution in [3.63, 3.8) is 0 Å². The third-order valence-corrected chi connectivity index (χ3v) is 4.22. The van der Waals surface area contributed by atoms with Gasteiger partial charge in [0.05, 0.1) is 12.8 Å². The van der Waals surface area contributed by atoms with Crippen molar-refractivity contribution in [1.29, 1.82) is 0 Å². The molecule has 23 heavy (non-hydrogen) atoms. The number of methoxy groups -OCH3 is 1. The first-order valence-corrected chi connectivity index (χ1v) is 7.64. The average molecular weight is 322 g/mol. The van der Waals surface area contributed by atoms with E-state index in [1.165, 1.54) is 7.11 Å². The number of carbonyl (C=O) groups is 1. The van der Waals surface area contributed by atoms with Crippen molar-refractivity contribution in [1.82, 2.24) is 0 Å². The van der Waals surface area contributed by atoms with Gasteiger partial charge >= 0.3 is 6.09 Å². The summed E-state index contributed by atoms with van der Waals surface area (Å²) in [6.07, 6.45) is -0.633. The number of rotatable bonds is 3. The second-order valence-corrected chi connectivity index (χ2v) is 7.57. The Balaban J connectivity index is 2.30. The molecule has 1 fully saturated rings. The highest BCUT2D eigenvalue weighted by molar-refractivity contribution is 5.88. The van der Waals surface area contributed by atoms with Gasteiger partial charge in [-0.2, -0.15) is 0 Å². The summed E-state index contributed by atoms with van der Waals surface area (Å²) in [4.78, 5) is 12.0. The van der Waals surface area contributed by atoms with Gasteiger partial charge in [0.25, 0.3) is 0 Å². The number of ether oxygens (including phenoxy) is 2. The minimum Gasteiger partial charge on any atom is -0.503 e. The Labute approximate surface area is 137 Å². The van der Waals surface area contributed by atoms with Crippen LogP contribution in [-0.4, -0.2) is 30.0 Å². The van der Waals surface area contributed by atoms with Gasteiger partial charge in [-0.25, -0.2) is 4.79 Å². The number of amides is 1. The molecule has 1 aromatic rings. The van der Waals surface area contributed by atoms with Gasteiger partial charge < -0.3 is 20.3 Å². The second kappa shape index (κ2) is 5.60. The lowest BCUT2D eigenvalue weighted by molar-refractivity contribution is 0.0635. The number of phenols is 1. The van der Waals surface area contributed by atoms with Crippen LogP contribution in [-0.2, 0) is 4.74 Å². The molecule has 0 aliphatic heterocycles. The van der Waals surface area contributed by atoms with E-state index in [1.54, 1.807) is 32.9 Å². The van der Waals surface area contributed by atoms with E-state index >= 15 is 0 Å². The van der Waals surface area contributed by atoms with Crippen LogP contribution < -0.4 is 15.8 Å². The molecule has 2 unspecified atom stereocenters. The average Bonchev–Trinajstić information content (AvgIpc) is 2.89. The summed E-state index contributed by atoms with van der Waals surface area (Å²) in [5.41, 5.74) is 6.65. The van der Waals surface area contributed by atoms with Crippen LogP contribution in [0, 0.1) is 5.41 Å². The maximum absolute atomic E-state index is 12.0. The maximum Gasteiger partial charge on any atom is 0.412 e. The molecule has 1 amide bonds. The molecule has 2 rings (SSSR count). The van der Waals surface area contributed by atoms with Crippen molar-refractivity contribution in [2.45, 2.75) is 52.2 Å². The lowest BCUT2D eigenvalue weighted by Gasteiger charge is -2.20. The summed E-state index contributed by atoms with van der Waals surface area (Å²) in [5.74, 6) is 0.314. The number of hydrogen-bond donors (Lipinski definition) is 3. The molecule has 0 spiro atoms. The lowest BCUT2D eigenvalue weighted by atomic mass is 10.0. The van der Waals surface area contributed by atoms with Crippen LogP contribution in [0.4, 0.5) is 10.5 Å². The number of nitrogens with one attached hydrogen (secondary N) is 1. The number of aromatic hydroxyl groups is 1. The Morgan fingerprint density at radius 2 is 1.91 bits per heavy atom. The van der Waals surface area contributed by atoms with E-state index in [1.807, 2.05) is 0 Å². The minimum atomic E-state index is -0.633. The summed E-state index contributed by atoms with van der Waals surface area (Å²) < 4.78 is 10.4. The van der Waals surface area contributed by atoms with E-state index in [0.717, 1.165) is 5.56 Å².